The average Bonchev–Trinajstić information content (AvgIpc) is 2.70. The van der Waals surface area contributed by atoms with E-state index < -0.39 is 16.0 Å². The second-order valence-electron chi connectivity index (χ2n) is 3.88. The maximum Gasteiger partial charge on any atom is 0.350 e. The van der Waals surface area contributed by atoms with Crippen molar-refractivity contribution in [3.8, 4) is 0 Å². The molecule has 0 bridgehead atoms. The van der Waals surface area contributed by atoms with Crippen molar-refractivity contribution in [2.45, 2.75) is 13.3 Å². The van der Waals surface area contributed by atoms with Crippen molar-refractivity contribution in [3.05, 3.63) is 15.8 Å². The summed E-state index contributed by atoms with van der Waals surface area (Å²) in [6.45, 7) is 2.10. The predicted molar refractivity (Wildman–Crippen MR) is 74.3 cm³/mol. The highest BCUT2D eigenvalue weighted by Gasteiger charge is 2.21. The van der Waals surface area contributed by atoms with Crippen LogP contribution in [-0.4, -0.2) is 41.0 Å². The summed E-state index contributed by atoms with van der Waals surface area (Å²) in [4.78, 5) is 11.8. The summed E-state index contributed by atoms with van der Waals surface area (Å²) in [5.74, 6) is -0.607. The molecule has 0 aliphatic carbocycles. The van der Waals surface area contributed by atoms with Crippen molar-refractivity contribution in [3.63, 3.8) is 0 Å². The summed E-state index contributed by atoms with van der Waals surface area (Å²) in [5, 5.41) is 1.71. The summed E-state index contributed by atoms with van der Waals surface area (Å²) < 4.78 is 35.6. The fourth-order valence-corrected chi connectivity index (χ4v) is 3.57. The largest absolute Gasteiger partial charge is 0.465 e. The Kier molecular flexibility index (Phi) is 5.77. The summed E-state index contributed by atoms with van der Waals surface area (Å²) in [7, 11) is -0.724. The van der Waals surface area contributed by atoms with E-state index in [-0.39, 0.29) is 10.6 Å². The Morgan fingerprint density at radius 3 is 2.68 bits per heavy atom. The van der Waals surface area contributed by atoms with Crippen LogP contribution in [0.2, 0.25) is 0 Å². The number of sulfonamides is 1. The van der Waals surface area contributed by atoms with E-state index in [2.05, 4.69) is 9.46 Å². The van der Waals surface area contributed by atoms with E-state index in [4.69, 9.17) is 4.74 Å². The van der Waals surface area contributed by atoms with Gasteiger partial charge in [-0.1, -0.05) is 0 Å². The molecule has 0 fully saturated rings. The minimum absolute atomic E-state index is 0.0588. The summed E-state index contributed by atoms with van der Waals surface area (Å²) >= 11 is 1.15. The molecule has 0 saturated heterocycles. The average molecular weight is 307 g/mol. The van der Waals surface area contributed by atoms with Crippen LogP contribution in [0, 0.1) is 6.92 Å². The minimum atomic E-state index is -3.49. The van der Waals surface area contributed by atoms with E-state index in [1.165, 1.54) is 14.2 Å². The van der Waals surface area contributed by atoms with Gasteiger partial charge in [-0.3, -0.25) is 4.72 Å². The lowest BCUT2D eigenvalue weighted by molar-refractivity contribution is 0.0607. The fourth-order valence-electron chi connectivity index (χ4n) is 1.41. The van der Waals surface area contributed by atoms with Crippen LogP contribution in [0.4, 0.5) is 5.69 Å². The number of hydrogen-bond donors (Lipinski definition) is 1. The van der Waals surface area contributed by atoms with Crippen molar-refractivity contribution in [2.75, 3.05) is 31.3 Å². The van der Waals surface area contributed by atoms with Crippen molar-refractivity contribution in [2.24, 2.45) is 0 Å². The standard InChI is InChI=1S/C11H17NO5S2/c1-8-7-18-10(11(13)17-3)9(8)12-19(14,15)6-4-5-16-2/h7,12H,4-6H2,1-3H3. The van der Waals surface area contributed by atoms with Gasteiger partial charge in [0.15, 0.2) is 0 Å². The van der Waals surface area contributed by atoms with Crippen LogP contribution < -0.4 is 4.72 Å². The zero-order chi connectivity index (χ0) is 14.5. The van der Waals surface area contributed by atoms with Crippen molar-refractivity contribution >= 4 is 33.0 Å². The molecule has 0 aromatic carbocycles. The number of aryl methyl sites for hydroxylation is 1. The van der Waals surface area contributed by atoms with E-state index >= 15 is 0 Å². The molecule has 1 rings (SSSR count). The van der Waals surface area contributed by atoms with Gasteiger partial charge < -0.3 is 9.47 Å². The maximum atomic E-state index is 11.9. The molecule has 1 heterocycles. The molecule has 0 saturated carbocycles. The number of anilines is 1. The van der Waals surface area contributed by atoms with Gasteiger partial charge in [-0.05, 0) is 24.3 Å². The molecule has 0 unspecified atom stereocenters. The van der Waals surface area contributed by atoms with E-state index in [1.54, 1.807) is 12.3 Å². The van der Waals surface area contributed by atoms with Crippen molar-refractivity contribution in [1.29, 1.82) is 0 Å². The third kappa shape index (κ3) is 4.48. The van der Waals surface area contributed by atoms with Gasteiger partial charge in [-0.2, -0.15) is 0 Å². The van der Waals surface area contributed by atoms with Crippen LogP contribution >= 0.6 is 11.3 Å². The first-order valence-electron chi connectivity index (χ1n) is 5.57. The second-order valence-corrected chi connectivity index (χ2v) is 6.60. The quantitative estimate of drug-likeness (QED) is 0.611. The number of nitrogens with one attached hydrogen (secondary N) is 1. The van der Waals surface area contributed by atoms with Gasteiger partial charge >= 0.3 is 5.97 Å². The number of rotatable bonds is 7. The van der Waals surface area contributed by atoms with Gasteiger partial charge in [0, 0.05) is 13.7 Å². The van der Waals surface area contributed by atoms with Gasteiger partial charge in [0.25, 0.3) is 0 Å². The first kappa shape index (κ1) is 15.9. The number of methoxy groups -OCH3 is 2. The number of hydrogen-bond acceptors (Lipinski definition) is 6. The molecule has 0 radical (unpaired) electrons. The molecule has 6 nitrogen and oxygen atoms in total. The smallest absolute Gasteiger partial charge is 0.350 e. The Bertz CT molecular complexity index is 535. The molecule has 0 spiro atoms. The normalized spacial score (nSPS) is 11.3. The Balaban J connectivity index is 2.87. The third-order valence-corrected chi connectivity index (χ3v) is 4.78. The molecule has 1 aromatic heterocycles. The second kappa shape index (κ2) is 6.88. The van der Waals surface area contributed by atoms with E-state index in [0.717, 1.165) is 11.3 Å². The number of thiophene rings is 1. The van der Waals surface area contributed by atoms with E-state index in [9.17, 15) is 13.2 Å². The van der Waals surface area contributed by atoms with Gasteiger partial charge in [0.2, 0.25) is 10.0 Å². The zero-order valence-corrected chi connectivity index (χ0v) is 12.7. The lowest BCUT2D eigenvalue weighted by Gasteiger charge is -2.09. The zero-order valence-electron chi connectivity index (χ0n) is 11.1. The highest BCUT2D eigenvalue weighted by atomic mass is 32.2. The molecule has 0 amide bonds. The van der Waals surface area contributed by atoms with Gasteiger partial charge in [0.05, 0.1) is 18.6 Å². The number of carbonyl (C=O) groups excluding carboxylic acids is 1. The Labute approximate surface area is 116 Å². The molecular formula is C11H17NO5S2. The lowest BCUT2D eigenvalue weighted by Crippen LogP contribution is -2.19. The van der Waals surface area contributed by atoms with E-state index in [0.29, 0.717) is 24.3 Å². The number of esters is 1. The third-order valence-electron chi connectivity index (χ3n) is 2.36. The molecule has 0 aliphatic heterocycles. The molecule has 1 N–H and O–H groups in total. The minimum Gasteiger partial charge on any atom is -0.465 e. The molecular weight excluding hydrogens is 290 g/mol. The van der Waals surface area contributed by atoms with Crippen LogP contribution in [0.1, 0.15) is 21.7 Å². The summed E-state index contributed by atoms with van der Waals surface area (Å²) in [6, 6.07) is 0. The Hall–Kier alpha value is -1.12. The SMILES string of the molecule is COCCCS(=O)(=O)Nc1c(C)csc1C(=O)OC. The topological polar surface area (TPSA) is 81.7 Å². The first-order chi connectivity index (χ1) is 8.91. The van der Waals surface area contributed by atoms with Crippen LogP contribution in [0.5, 0.6) is 0 Å². The monoisotopic (exact) mass is 307 g/mol. The lowest BCUT2D eigenvalue weighted by atomic mass is 10.3. The fraction of sp³-hybridized carbons (Fsp3) is 0.545. The first-order valence-corrected chi connectivity index (χ1v) is 8.10. The number of ether oxygens (including phenoxy) is 2. The van der Waals surface area contributed by atoms with Crippen molar-refractivity contribution in [1.82, 2.24) is 0 Å². The van der Waals surface area contributed by atoms with Crippen LogP contribution in [0.25, 0.3) is 0 Å². The van der Waals surface area contributed by atoms with Gasteiger partial charge in [-0.25, -0.2) is 13.2 Å². The molecule has 8 heteroatoms. The number of carbonyl (C=O) groups is 1. The van der Waals surface area contributed by atoms with Crippen LogP contribution in [0.15, 0.2) is 5.38 Å². The van der Waals surface area contributed by atoms with Crippen LogP contribution in [0.3, 0.4) is 0 Å². The Morgan fingerprint density at radius 1 is 1.42 bits per heavy atom. The maximum absolute atomic E-state index is 11.9. The molecule has 1 aromatic rings. The Morgan fingerprint density at radius 2 is 2.11 bits per heavy atom. The highest BCUT2D eigenvalue weighted by Crippen LogP contribution is 2.29. The van der Waals surface area contributed by atoms with E-state index in [1.807, 2.05) is 0 Å². The highest BCUT2D eigenvalue weighted by molar-refractivity contribution is 7.92. The molecule has 108 valence electrons. The molecule has 19 heavy (non-hydrogen) atoms. The molecule has 0 aliphatic rings. The van der Waals surface area contributed by atoms with Crippen molar-refractivity contribution < 1.29 is 22.7 Å². The predicted octanol–water partition coefficient (Wildman–Crippen LogP) is 1.62. The van der Waals surface area contributed by atoms with Gasteiger partial charge in [-0.15, -0.1) is 11.3 Å². The molecule has 0 atom stereocenters. The van der Waals surface area contributed by atoms with Crippen LogP contribution in [-0.2, 0) is 19.5 Å². The summed E-state index contributed by atoms with van der Waals surface area (Å²) in [6.07, 6.45) is 0.391. The summed E-state index contributed by atoms with van der Waals surface area (Å²) in [5.41, 5.74) is 0.995. The van der Waals surface area contributed by atoms with Gasteiger partial charge in [0.1, 0.15) is 4.88 Å².